The van der Waals surface area contributed by atoms with Crippen LogP contribution >= 0.6 is 0 Å². The molecule has 1 rings (SSSR count). The van der Waals surface area contributed by atoms with Gasteiger partial charge in [-0.2, -0.15) is 0 Å². The van der Waals surface area contributed by atoms with E-state index in [4.69, 9.17) is 0 Å². The third kappa shape index (κ3) is 7.53. The van der Waals surface area contributed by atoms with E-state index in [1.54, 1.807) is 6.92 Å². The minimum absolute atomic E-state index is 0.0983. The number of hydrogen-bond donors (Lipinski definition) is 2. The van der Waals surface area contributed by atoms with Crippen LogP contribution in [0.1, 0.15) is 47.5 Å². The van der Waals surface area contributed by atoms with Crippen molar-refractivity contribution < 1.29 is 4.79 Å². The fraction of sp³-hybridized carbons (Fsp3) is 0.933. The molecular weight excluding hydrogens is 238 g/mol. The Morgan fingerprint density at radius 1 is 1.32 bits per heavy atom. The summed E-state index contributed by atoms with van der Waals surface area (Å²) in [6.07, 6.45) is 2.16. The van der Waals surface area contributed by atoms with Crippen molar-refractivity contribution in [3.63, 3.8) is 0 Å². The van der Waals surface area contributed by atoms with Crippen LogP contribution in [0.5, 0.6) is 0 Å². The van der Waals surface area contributed by atoms with Gasteiger partial charge >= 0.3 is 0 Å². The van der Waals surface area contributed by atoms with E-state index in [0.717, 1.165) is 39.0 Å². The second kappa shape index (κ2) is 7.25. The van der Waals surface area contributed by atoms with Crippen molar-refractivity contribution in [1.82, 2.24) is 15.5 Å². The average molecular weight is 269 g/mol. The number of likely N-dealkylation sites (tertiary alicyclic amines) is 1. The fourth-order valence-corrected chi connectivity index (χ4v) is 2.53. The maximum atomic E-state index is 11.0. The van der Waals surface area contributed by atoms with E-state index >= 15 is 0 Å². The van der Waals surface area contributed by atoms with Crippen molar-refractivity contribution in [3.8, 4) is 0 Å². The fourth-order valence-electron chi connectivity index (χ4n) is 2.53. The zero-order chi connectivity index (χ0) is 14.5. The van der Waals surface area contributed by atoms with Gasteiger partial charge in [0.05, 0.1) is 0 Å². The molecule has 0 radical (unpaired) electrons. The summed E-state index contributed by atoms with van der Waals surface area (Å²) in [5.41, 5.74) is 0.201. The Morgan fingerprint density at radius 3 is 2.37 bits per heavy atom. The van der Waals surface area contributed by atoms with Gasteiger partial charge in [0, 0.05) is 38.1 Å². The normalized spacial score (nSPS) is 20.3. The summed E-state index contributed by atoms with van der Waals surface area (Å²) < 4.78 is 0. The highest BCUT2D eigenvalue weighted by Gasteiger charge is 2.21. The summed E-state index contributed by atoms with van der Waals surface area (Å²) in [5, 5.41) is 6.59. The topological polar surface area (TPSA) is 44.4 Å². The highest BCUT2D eigenvalue weighted by molar-refractivity contribution is 5.73. The van der Waals surface area contributed by atoms with E-state index in [-0.39, 0.29) is 11.4 Å². The van der Waals surface area contributed by atoms with Crippen LogP contribution in [0.4, 0.5) is 0 Å². The number of carbonyl (C=O) groups excluding carboxylic acids is 1. The summed E-state index contributed by atoms with van der Waals surface area (Å²) in [6.45, 7) is 14.9. The molecule has 4 nitrogen and oxygen atoms in total. The first-order chi connectivity index (χ1) is 8.76. The lowest BCUT2D eigenvalue weighted by Gasteiger charge is -2.34. The van der Waals surface area contributed by atoms with Gasteiger partial charge in [-0.3, -0.25) is 4.79 Å². The lowest BCUT2D eigenvalue weighted by atomic mass is 10.0. The van der Waals surface area contributed by atoms with Crippen LogP contribution < -0.4 is 10.6 Å². The van der Waals surface area contributed by atoms with Crippen LogP contribution in [0.15, 0.2) is 0 Å². The second-order valence-electron chi connectivity index (χ2n) is 7.01. The zero-order valence-corrected chi connectivity index (χ0v) is 13.3. The van der Waals surface area contributed by atoms with Crippen LogP contribution in [0.25, 0.3) is 0 Å². The smallest absolute Gasteiger partial charge is 0.217 e. The Balaban J connectivity index is 2.19. The van der Waals surface area contributed by atoms with Crippen molar-refractivity contribution in [3.05, 3.63) is 0 Å². The molecule has 0 bridgehead atoms. The van der Waals surface area contributed by atoms with Gasteiger partial charge in [-0.05, 0) is 46.1 Å². The van der Waals surface area contributed by atoms with Gasteiger partial charge in [-0.1, -0.05) is 6.92 Å². The number of carbonyl (C=O) groups is 1. The molecule has 1 atom stereocenters. The first kappa shape index (κ1) is 16.4. The molecule has 1 fully saturated rings. The molecule has 0 aromatic rings. The van der Waals surface area contributed by atoms with E-state index < -0.39 is 0 Å². The second-order valence-corrected chi connectivity index (χ2v) is 7.01. The lowest BCUT2D eigenvalue weighted by Crippen LogP contribution is -2.46. The van der Waals surface area contributed by atoms with Gasteiger partial charge in [-0.15, -0.1) is 0 Å². The first-order valence-electron chi connectivity index (χ1n) is 7.51. The SMILES string of the molecule is CC(=O)NC1CCN(CC(C)CNC(C)(C)C)CC1. The molecule has 112 valence electrons. The zero-order valence-electron chi connectivity index (χ0n) is 13.3. The van der Waals surface area contributed by atoms with E-state index in [1.807, 2.05) is 0 Å². The first-order valence-corrected chi connectivity index (χ1v) is 7.51. The average Bonchev–Trinajstić information content (AvgIpc) is 2.28. The van der Waals surface area contributed by atoms with Crippen molar-refractivity contribution in [2.75, 3.05) is 26.2 Å². The maximum absolute atomic E-state index is 11.0. The van der Waals surface area contributed by atoms with E-state index in [9.17, 15) is 4.79 Å². The molecule has 1 aliphatic heterocycles. The largest absolute Gasteiger partial charge is 0.354 e. The number of rotatable bonds is 5. The summed E-state index contributed by atoms with van der Waals surface area (Å²) in [5.74, 6) is 0.762. The van der Waals surface area contributed by atoms with Gasteiger partial charge in [-0.25, -0.2) is 0 Å². The van der Waals surface area contributed by atoms with Crippen molar-refractivity contribution in [1.29, 1.82) is 0 Å². The third-order valence-corrected chi connectivity index (χ3v) is 3.55. The molecule has 0 aromatic carbocycles. The number of nitrogens with one attached hydrogen (secondary N) is 2. The van der Waals surface area contributed by atoms with Crippen LogP contribution in [-0.4, -0.2) is 48.6 Å². The van der Waals surface area contributed by atoms with Crippen LogP contribution in [0, 0.1) is 5.92 Å². The summed E-state index contributed by atoms with van der Waals surface area (Å²) >= 11 is 0. The molecule has 19 heavy (non-hydrogen) atoms. The van der Waals surface area contributed by atoms with Crippen LogP contribution in [0.3, 0.4) is 0 Å². The third-order valence-electron chi connectivity index (χ3n) is 3.55. The molecule has 0 aliphatic carbocycles. The molecule has 1 unspecified atom stereocenters. The van der Waals surface area contributed by atoms with E-state index in [1.165, 1.54) is 0 Å². The number of nitrogens with zero attached hydrogens (tertiary/aromatic N) is 1. The predicted octanol–water partition coefficient (Wildman–Crippen LogP) is 1.61. The standard InChI is InChI=1S/C15H31N3O/c1-12(10-16-15(3,4)5)11-18-8-6-14(7-9-18)17-13(2)19/h12,14,16H,6-11H2,1-5H3,(H,17,19). The summed E-state index contributed by atoms with van der Waals surface area (Å²) in [6, 6.07) is 0.386. The molecular formula is C15H31N3O. The van der Waals surface area contributed by atoms with Crippen molar-refractivity contribution >= 4 is 5.91 Å². The molecule has 1 amide bonds. The van der Waals surface area contributed by atoms with Crippen molar-refractivity contribution in [2.24, 2.45) is 5.92 Å². The summed E-state index contributed by atoms with van der Waals surface area (Å²) in [4.78, 5) is 13.5. The van der Waals surface area contributed by atoms with Gasteiger partial charge in [0.1, 0.15) is 0 Å². The Labute approximate surface area is 118 Å². The van der Waals surface area contributed by atoms with Gasteiger partial charge < -0.3 is 15.5 Å². The summed E-state index contributed by atoms with van der Waals surface area (Å²) in [7, 11) is 0. The number of amides is 1. The molecule has 0 aromatic heterocycles. The molecule has 1 aliphatic rings. The van der Waals surface area contributed by atoms with Crippen LogP contribution in [-0.2, 0) is 4.79 Å². The molecule has 0 saturated carbocycles. The molecule has 1 saturated heterocycles. The molecule has 4 heteroatoms. The number of hydrogen-bond acceptors (Lipinski definition) is 3. The minimum atomic E-state index is 0.0983. The minimum Gasteiger partial charge on any atom is -0.354 e. The molecule has 2 N–H and O–H groups in total. The Morgan fingerprint density at radius 2 is 1.89 bits per heavy atom. The van der Waals surface area contributed by atoms with E-state index in [2.05, 4.69) is 43.2 Å². The molecule has 1 heterocycles. The quantitative estimate of drug-likeness (QED) is 0.797. The predicted molar refractivity (Wildman–Crippen MR) is 80.2 cm³/mol. The lowest BCUT2D eigenvalue weighted by molar-refractivity contribution is -0.119. The van der Waals surface area contributed by atoms with E-state index in [0.29, 0.717) is 12.0 Å². The number of piperidine rings is 1. The Kier molecular flexibility index (Phi) is 6.27. The molecule has 0 spiro atoms. The monoisotopic (exact) mass is 269 g/mol. The van der Waals surface area contributed by atoms with Gasteiger partial charge in [0.15, 0.2) is 0 Å². The van der Waals surface area contributed by atoms with Gasteiger partial charge in [0.25, 0.3) is 0 Å². The Hall–Kier alpha value is -0.610. The highest BCUT2D eigenvalue weighted by Crippen LogP contribution is 2.12. The maximum Gasteiger partial charge on any atom is 0.217 e. The van der Waals surface area contributed by atoms with Crippen molar-refractivity contribution in [2.45, 2.75) is 59.0 Å². The highest BCUT2D eigenvalue weighted by atomic mass is 16.1. The van der Waals surface area contributed by atoms with Gasteiger partial charge in [0.2, 0.25) is 5.91 Å². The Bertz CT molecular complexity index is 278. The van der Waals surface area contributed by atoms with Crippen LogP contribution in [0.2, 0.25) is 0 Å².